The zero-order chi connectivity index (χ0) is 20.0. The smallest absolute Gasteiger partial charge is 0.341 e. The van der Waals surface area contributed by atoms with Crippen molar-refractivity contribution in [1.82, 2.24) is 0 Å². The molecule has 0 aliphatic carbocycles. The fourth-order valence-corrected chi connectivity index (χ4v) is 3.31. The molecule has 2 aromatic carbocycles. The third kappa shape index (κ3) is 5.55. The summed E-state index contributed by atoms with van der Waals surface area (Å²) in [4.78, 5) is 24.7. The molecule has 0 aliphatic heterocycles. The van der Waals surface area contributed by atoms with Gasteiger partial charge in [-0.15, -0.1) is 0 Å². The van der Waals surface area contributed by atoms with Crippen molar-refractivity contribution in [3.8, 4) is 5.75 Å². The van der Waals surface area contributed by atoms with Crippen LogP contribution in [0.2, 0.25) is 0 Å². The predicted octanol–water partition coefficient (Wildman–Crippen LogP) is 2.15. The van der Waals surface area contributed by atoms with Crippen LogP contribution in [0, 0.1) is 0 Å². The van der Waals surface area contributed by atoms with E-state index in [1.54, 1.807) is 50.4 Å². The minimum atomic E-state index is -3.33. The lowest BCUT2D eigenvalue weighted by Crippen LogP contribution is -2.27. The Morgan fingerprint density at radius 1 is 1.11 bits per heavy atom. The van der Waals surface area contributed by atoms with E-state index in [1.807, 2.05) is 0 Å². The Hall–Kier alpha value is -2.87. The number of ether oxygens (including phenoxy) is 1. The molecule has 0 aromatic heterocycles. The lowest BCUT2D eigenvalue weighted by Gasteiger charge is -2.18. The fourth-order valence-electron chi connectivity index (χ4n) is 2.36. The summed E-state index contributed by atoms with van der Waals surface area (Å²) >= 11 is 0. The van der Waals surface area contributed by atoms with Crippen LogP contribution in [0.3, 0.4) is 0 Å². The van der Waals surface area contributed by atoms with Gasteiger partial charge in [-0.1, -0.05) is 19.1 Å². The normalized spacial score (nSPS) is 11.0. The molecule has 1 amide bonds. The molecule has 8 heteroatoms. The number of carbonyl (C=O) groups is 2. The Kier molecular flexibility index (Phi) is 6.57. The summed E-state index contributed by atoms with van der Waals surface area (Å²) in [6, 6.07) is 12.8. The summed E-state index contributed by atoms with van der Waals surface area (Å²) in [6.45, 7) is 1.13. The maximum absolute atomic E-state index is 12.5. The van der Waals surface area contributed by atoms with Crippen LogP contribution < -0.4 is 9.64 Å². The van der Waals surface area contributed by atoms with Gasteiger partial charge in [0.1, 0.15) is 5.75 Å². The third-order valence-corrected chi connectivity index (χ3v) is 5.69. The molecule has 0 aliphatic rings. The van der Waals surface area contributed by atoms with Crippen molar-refractivity contribution < 1.29 is 27.9 Å². The molecule has 2 aromatic rings. The van der Waals surface area contributed by atoms with Crippen molar-refractivity contribution in [2.45, 2.75) is 18.2 Å². The van der Waals surface area contributed by atoms with Gasteiger partial charge in [0.25, 0.3) is 0 Å². The number of likely N-dealkylation sites (N-methyl/N-ethyl adjacent to an activating group) is 1. The minimum absolute atomic E-state index is 0.000596. The van der Waals surface area contributed by atoms with E-state index >= 15 is 0 Å². The molecule has 0 saturated carbocycles. The van der Waals surface area contributed by atoms with Crippen molar-refractivity contribution in [3.63, 3.8) is 0 Å². The van der Waals surface area contributed by atoms with Gasteiger partial charge in [0, 0.05) is 12.7 Å². The Labute approximate surface area is 158 Å². The number of carbonyl (C=O) groups excluding carboxylic acids is 1. The highest BCUT2D eigenvalue weighted by atomic mass is 32.2. The molecular weight excluding hydrogens is 370 g/mol. The first kappa shape index (κ1) is 20.4. The summed E-state index contributed by atoms with van der Waals surface area (Å²) in [5, 5.41) is 8.60. The zero-order valence-corrected chi connectivity index (χ0v) is 15.9. The summed E-state index contributed by atoms with van der Waals surface area (Å²) < 4.78 is 29.0. The van der Waals surface area contributed by atoms with Gasteiger partial charge in [0.15, 0.2) is 16.4 Å². The Morgan fingerprint density at radius 2 is 1.78 bits per heavy atom. The highest BCUT2D eigenvalue weighted by Gasteiger charge is 2.15. The summed E-state index contributed by atoms with van der Waals surface area (Å²) in [5.41, 5.74) is 1.22. The number of amides is 1. The van der Waals surface area contributed by atoms with Crippen LogP contribution in [0.5, 0.6) is 5.75 Å². The lowest BCUT2D eigenvalue weighted by atomic mass is 10.1. The second-order valence-corrected chi connectivity index (χ2v) is 8.13. The molecule has 0 radical (unpaired) electrons. The van der Waals surface area contributed by atoms with Gasteiger partial charge >= 0.3 is 5.97 Å². The quantitative estimate of drug-likeness (QED) is 0.740. The van der Waals surface area contributed by atoms with Crippen LogP contribution in [-0.2, 0) is 25.8 Å². The summed E-state index contributed by atoms with van der Waals surface area (Å²) in [5.74, 6) is -0.890. The first-order valence-corrected chi connectivity index (χ1v) is 9.91. The second kappa shape index (κ2) is 8.68. The lowest BCUT2D eigenvalue weighted by molar-refractivity contribution is -0.139. The van der Waals surface area contributed by atoms with Crippen molar-refractivity contribution >= 4 is 27.4 Å². The standard InChI is InChI=1S/C19H21NO6S/c1-3-27(24,25)17-6-4-5-14(11-17)12-18(21)20(2)15-7-9-16(10-8-15)26-13-19(22)23/h4-11H,3,12-13H2,1-2H3,(H,22,23). The molecule has 0 saturated heterocycles. The van der Waals surface area contributed by atoms with Gasteiger partial charge in [-0.2, -0.15) is 0 Å². The van der Waals surface area contributed by atoms with Crippen LogP contribution >= 0.6 is 0 Å². The molecule has 0 bridgehead atoms. The number of carboxylic acids is 1. The number of carboxylic acid groups (broad SMARTS) is 1. The Bertz CT molecular complexity index is 921. The molecule has 0 spiro atoms. The number of nitrogens with zero attached hydrogens (tertiary/aromatic N) is 1. The van der Waals surface area contributed by atoms with E-state index in [0.29, 0.717) is 17.0 Å². The number of aliphatic carboxylic acids is 1. The Morgan fingerprint density at radius 3 is 2.37 bits per heavy atom. The SMILES string of the molecule is CCS(=O)(=O)c1cccc(CC(=O)N(C)c2ccc(OCC(=O)O)cc2)c1. The zero-order valence-electron chi connectivity index (χ0n) is 15.1. The Balaban J connectivity index is 2.07. The molecule has 0 atom stereocenters. The summed E-state index contributed by atoms with van der Waals surface area (Å²) in [7, 11) is -1.71. The van der Waals surface area contributed by atoms with E-state index in [-0.39, 0.29) is 23.0 Å². The molecule has 7 nitrogen and oxygen atoms in total. The van der Waals surface area contributed by atoms with Crippen LogP contribution in [0.15, 0.2) is 53.4 Å². The van der Waals surface area contributed by atoms with Crippen molar-refractivity contribution in [2.75, 3.05) is 24.3 Å². The number of benzene rings is 2. The van der Waals surface area contributed by atoms with E-state index in [9.17, 15) is 18.0 Å². The van der Waals surface area contributed by atoms with Crippen LogP contribution in [0.25, 0.3) is 0 Å². The van der Waals surface area contributed by atoms with Gasteiger partial charge in [-0.3, -0.25) is 4.79 Å². The van der Waals surface area contributed by atoms with Gasteiger partial charge < -0.3 is 14.7 Å². The van der Waals surface area contributed by atoms with Crippen molar-refractivity contribution in [1.29, 1.82) is 0 Å². The second-order valence-electron chi connectivity index (χ2n) is 5.86. The maximum atomic E-state index is 12.5. The fraction of sp³-hybridized carbons (Fsp3) is 0.263. The number of sulfone groups is 1. The molecule has 1 N–H and O–H groups in total. The molecular formula is C19H21NO6S. The average molecular weight is 391 g/mol. The van der Waals surface area contributed by atoms with Crippen molar-refractivity contribution in [2.24, 2.45) is 0 Å². The molecule has 2 rings (SSSR count). The van der Waals surface area contributed by atoms with Crippen molar-refractivity contribution in [3.05, 3.63) is 54.1 Å². The van der Waals surface area contributed by atoms with E-state index < -0.39 is 22.4 Å². The molecule has 0 unspecified atom stereocenters. The monoisotopic (exact) mass is 391 g/mol. The predicted molar refractivity (Wildman–Crippen MR) is 101 cm³/mol. The number of anilines is 1. The van der Waals surface area contributed by atoms with Gasteiger partial charge in [-0.25, -0.2) is 13.2 Å². The number of hydrogen-bond donors (Lipinski definition) is 1. The van der Waals surface area contributed by atoms with Gasteiger partial charge in [0.05, 0.1) is 17.1 Å². The largest absolute Gasteiger partial charge is 0.482 e. The maximum Gasteiger partial charge on any atom is 0.341 e. The summed E-state index contributed by atoms with van der Waals surface area (Å²) in [6.07, 6.45) is 0.0564. The number of hydrogen-bond acceptors (Lipinski definition) is 5. The minimum Gasteiger partial charge on any atom is -0.482 e. The topological polar surface area (TPSA) is 101 Å². The molecule has 27 heavy (non-hydrogen) atoms. The highest BCUT2D eigenvalue weighted by Crippen LogP contribution is 2.20. The van der Waals surface area contributed by atoms with E-state index in [1.165, 1.54) is 17.0 Å². The first-order chi connectivity index (χ1) is 12.7. The molecule has 144 valence electrons. The van der Waals surface area contributed by atoms with Gasteiger partial charge in [0.2, 0.25) is 5.91 Å². The first-order valence-electron chi connectivity index (χ1n) is 8.26. The third-order valence-electron chi connectivity index (χ3n) is 3.95. The van der Waals surface area contributed by atoms with E-state index in [4.69, 9.17) is 9.84 Å². The highest BCUT2D eigenvalue weighted by molar-refractivity contribution is 7.91. The van der Waals surface area contributed by atoms with Gasteiger partial charge in [-0.05, 0) is 42.0 Å². The van der Waals surface area contributed by atoms with Crippen LogP contribution in [0.1, 0.15) is 12.5 Å². The molecule has 0 heterocycles. The van der Waals surface area contributed by atoms with Crippen LogP contribution in [0.4, 0.5) is 5.69 Å². The van der Waals surface area contributed by atoms with E-state index in [2.05, 4.69) is 0 Å². The van der Waals surface area contributed by atoms with Crippen LogP contribution in [-0.4, -0.2) is 44.8 Å². The average Bonchev–Trinajstić information content (AvgIpc) is 2.66. The van der Waals surface area contributed by atoms with E-state index in [0.717, 1.165) is 0 Å². The molecule has 0 fully saturated rings. The number of rotatable bonds is 8.